The molecule has 1 aliphatic rings. The van der Waals surface area contributed by atoms with Gasteiger partial charge in [-0.3, -0.25) is 9.10 Å². The van der Waals surface area contributed by atoms with Gasteiger partial charge in [-0.25, -0.2) is 8.42 Å². The van der Waals surface area contributed by atoms with E-state index in [4.69, 9.17) is 14.2 Å². The molecule has 3 rings (SSSR count). The molecular formula is C22H28N2O7S. The molecule has 2 atom stereocenters. The Hall–Kier alpha value is -2.98. The molecule has 2 aromatic rings. The molecule has 9 nitrogen and oxygen atoms in total. The Bertz CT molecular complexity index is 1070. The average molecular weight is 465 g/mol. The molecule has 1 heterocycles. The number of benzene rings is 2. The Morgan fingerprint density at radius 3 is 2.47 bits per heavy atom. The van der Waals surface area contributed by atoms with Crippen LogP contribution in [0.1, 0.15) is 22.8 Å². The highest BCUT2D eigenvalue weighted by Crippen LogP contribution is 2.37. The summed E-state index contributed by atoms with van der Waals surface area (Å²) in [6, 6.07) is 9.89. The largest absolute Gasteiger partial charge is 0.493 e. The lowest BCUT2D eigenvalue weighted by Crippen LogP contribution is -2.35. The number of rotatable bonds is 9. The number of anilines is 1. The van der Waals surface area contributed by atoms with Gasteiger partial charge in [0.2, 0.25) is 15.8 Å². The standard InChI is InChI=1S/C22H28N2O7S/c1-14-10-16-11-15(8-9-18(16)24(14)32(4,27)28)22(26)23-12-17(25)13-31-21-19(29-2)6-5-7-20(21)30-3/h5-9,11,14,17,25H,10,12-13H2,1-4H3,(H,23,26). The predicted octanol–water partition coefficient (Wildman–Crippen LogP) is 1.58. The maximum absolute atomic E-state index is 12.5. The van der Waals surface area contributed by atoms with Crippen LogP contribution in [-0.4, -0.2) is 65.2 Å². The zero-order chi connectivity index (χ0) is 23.5. The van der Waals surface area contributed by atoms with E-state index in [9.17, 15) is 18.3 Å². The molecule has 0 radical (unpaired) electrons. The summed E-state index contributed by atoms with van der Waals surface area (Å²) in [7, 11) is -0.382. The van der Waals surface area contributed by atoms with Crippen molar-refractivity contribution in [2.24, 2.45) is 0 Å². The molecule has 1 amide bonds. The van der Waals surface area contributed by atoms with Gasteiger partial charge < -0.3 is 24.6 Å². The molecule has 0 fully saturated rings. The first-order chi connectivity index (χ1) is 15.2. The summed E-state index contributed by atoms with van der Waals surface area (Å²) in [5.41, 5.74) is 1.78. The molecule has 2 N–H and O–H groups in total. The molecule has 1 aliphatic heterocycles. The number of sulfonamides is 1. The molecule has 0 aliphatic carbocycles. The van der Waals surface area contributed by atoms with Crippen molar-refractivity contribution in [2.75, 3.05) is 37.9 Å². The number of carbonyl (C=O) groups is 1. The Balaban J connectivity index is 1.60. The van der Waals surface area contributed by atoms with Crippen LogP contribution >= 0.6 is 0 Å². The number of nitrogens with one attached hydrogen (secondary N) is 1. The minimum absolute atomic E-state index is 0.0285. The summed E-state index contributed by atoms with van der Waals surface area (Å²) in [5, 5.41) is 12.9. The van der Waals surface area contributed by atoms with Crippen LogP contribution in [0.2, 0.25) is 0 Å². The molecule has 0 saturated heterocycles. The molecule has 0 spiro atoms. The van der Waals surface area contributed by atoms with Crippen LogP contribution in [0.3, 0.4) is 0 Å². The van der Waals surface area contributed by atoms with Crippen molar-refractivity contribution in [1.82, 2.24) is 5.32 Å². The third-order valence-corrected chi connectivity index (χ3v) is 6.42. The van der Waals surface area contributed by atoms with Gasteiger partial charge in [0.1, 0.15) is 12.7 Å². The van der Waals surface area contributed by atoms with Crippen LogP contribution in [0.5, 0.6) is 17.2 Å². The highest BCUT2D eigenvalue weighted by molar-refractivity contribution is 7.92. The average Bonchev–Trinajstić information content (AvgIpc) is 3.10. The number of ether oxygens (including phenoxy) is 3. The summed E-state index contributed by atoms with van der Waals surface area (Å²) in [5.74, 6) is 0.936. The molecule has 0 bridgehead atoms. The van der Waals surface area contributed by atoms with Gasteiger partial charge in [-0.1, -0.05) is 6.07 Å². The number of amides is 1. The van der Waals surface area contributed by atoms with E-state index in [1.807, 2.05) is 6.92 Å². The second kappa shape index (κ2) is 9.66. The third kappa shape index (κ3) is 5.08. The Morgan fingerprint density at radius 1 is 1.22 bits per heavy atom. The summed E-state index contributed by atoms with van der Waals surface area (Å²) < 4.78 is 41.6. The topological polar surface area (TPSA) is 114 Å². The third-order valence-electron chi connectivity index (χ3n) is 5.15. The first kappa shape index (κ1) is 23.7. The summed E-state index contributed by atoms with van der Waals surface area (Å²) in [6.45, 7) is 1.72. The summed E-state index contributed by atoms with van der Waals surface area (Å²) >= 11 is 0. The second-order valence-electron chi connectivity index (χ2n) is 7.62. The monoisotopic (exact) mass is 464 g/mol. The van der Waals surface area contributed by atoms with Gasteiger partial charge in [-0.15, -0.1) is 0 Å². The first-order valence-electron chi connectivity index (χ1n) is 10.1. The lowest BCUT2D eigenvalue weighted by molar-refractivity contribution is 0.0833. The molecule has 174 valence electrons. The molecule has 0 aromatic heterocycles. The molecule has 2 unspecified atom stereocenters. The van der Waals surface area contributed by atoms with Crippen LogP contribution in [0, 0.1) is 0 Å². The number of nitrogens with zero attached hydrogens (tertiary/aromatic N) is 1. The molecule has 0 saturated carbocycles. The number of carbonyl (C=O) groups excluding carboxylic acids is 1. The van der Waals surface area contributed by atoms with Gasteiger partial charge in [-0.2, -0.15) is 0 Å². The fraction of sp³-hybridized carbons (Fsp3) is 0.409. The summed E-state index contributed by atoms with van der Waals surface area (Å²) in [6.07, 6.45) is 0.730. The lowest BCUT2D eigenvalue weighted by atomic mass is 10.1. The number of para-hydroxylation sites is 1. The second-order valence-corrected chi connectivity index (χ2v) is 9.48. The van der Waals surface area contributed by atoms with Gasteiger partial charge in [0.05, 0.1) is 26.2 Å². The highest BCUT2D eigenvalue weighted by Gasteiger charge is 2.32. The van der Waals surface area contributed by atoms with Gasteiger partial charge >= 0.3 is 0 Å². The smallest absolute Gasteiger partial charge is 0.251 e. The number of aliphatic hydroxyl groups excluding tert-OH is 1. The molecule has 10 heteroatoms. The highest BCUT2D eigenvalue weighted by atomic mass is 32.2. The van der Waals surface area contributed by atoms with Gasteiger partial charge in [0, 0.05) is 18.2 Å². The fourth-order valence-electron chi connectivity index (χ4n) is 3.76. The van der Waals surface area contributed by atoms with E-state index in [0.717, 1.165) is 5.56 Å². The van der Waals surface area contributed by atoms with Crippen molar-refractivity contribution in [3.8, 4) is 17.2 Å². The van der Waals surface area contributed by atoms with Crippen molar-refractivity contribution in [3.05, 3.63) is 47.5 Å². The quantitative estimate of drug-likeness (QED) is 0.579. The van der Waals surface area contributed by atoms with E-state index in [1.54, 1.807) is 36.4 Å². The van der Waals surface area contributed by atoms with E-state index in [2.05, 4.69) is 5.32 Å². The van der Waals surface area contributed by atoms with Crippen LogP contribution in [0.25, 0.3) is 0 Å². The van der Waals surface area contributed by atoms with E-state index in [1.165, 1.54) is 24.8 Å². The van der Waals surface area contributed by atoms with Gasteiger partial charge in [-0.05, 0) is 49.2 Å². The number of aliphatic hydroxyl groups is 1. The Kier molecular flexibility index (Phi) is 7.15. The zero-order valence-electron chi connectivity index (χ0n) is 18.5. The fourth-order valence-corrected chi connectivity index (χ4v) is 5.02. The number of hydrogen-bond donors (Lipinski definition) is 2. The summed E-state index contributed by atoms with van der Waals surface area (Å²) in [4.78, 5) is 12.5. The molecule has 32 heavy (non-hydrogen) atoms. The maximum Gasteiger partial charge on any atom is 0.251 e. The van der Waals surface area contributed by atoms with Crippen LogP contribution < -0.4 is 23.8 Å². The van der Waals surface area contributed by atoms with Crippen LogP contribution in [0.15, 0.2) is 36.4 Å². The number of hydrogen-bond acceptors (Lipinski definition) is 7. The molecular weight excluding hydrogens is 436 g/mol. The van der Waals surface area contributed by atoms with Crippen LogP contribution in [0.4, 0.5) is 5.69 Å². The number of methoxy groups -OCH3 is 2. The maximum atomic E-state index is 12.5. The van der Waals surface area contributed by atoms with Crippen molar-refractivity contribution < 1.29 is 32.5 Å². The van der Waals surface area contributed by atoms with E-state index >= 15 is 0 Å². The van der Waals surface area contributed by atoms with Crippen molar-refractivity contribution in [3.63, 3.8) is 0 Å². The minimum Gasteiger partial charge on any atom is -0.493 e. The van der Waals surface area contributed by atoms with E-state index in [0.29, 0.717) is 34.9 Å². The van der Waals surface area contributed by atoms with Crippen LogP contribution in [-0.2, 0) is 16.4 Å². The molecule has 2 aromatic carbocycles. The number of fused-ring (bicyclic) bond motifs is 1. The SMILES string of the molecule is COc1cccc(OC)c1OCC(O)CNC(=O)c1ccc2c(c1)CC(C)N2S(C)(=O)=O. The van der Waals surface area contributed by atoms with Gasteiger partial charge in [0.25, 0.3) is 5.91 Å². The normalized spacial score (nSPS) is 16.3. The Morgan fingerprint density at radius 2 is 1.88 bits per heavy atom. The predicted molar refractivity (Wildman–Crippen MR) is 120 cm³/mol. The zero-order valence-corrected chi connectivity index (χ0v) is 19.3. The van der Waals surface area contributed by atoms with Gasteiger partial charge in [0.15, 0.2) is 11.5 Å². The Labute approximate surface area is 187 Å². The lowest BCUT2D eigenvalue weighted by Gasteiger charge is -2.22. The van der Waals surface area contributed by atoms with E-state index in [-0.39, 0.29) is 25.1 Å². The van der Waals surface area contributed by atoms with Crippen molar-refractivity contribution >= 4 is 21.6 Å². The first-order valence-corrected chi connectivity index (χ1v) is 11.9. The minimum atomic E-state index is -3.39. The van der Waals surface area contributed by atoms with Crippen molar-refractivity contribution in [1.29, 1.82) is 0 Å². The van der Waals surface area contributed by atoms with Crippen molar-refractivity contribution in [2.45, 2.75) is 25.5 Å². The van der Waals surface area contributed by atoms with E-state index < -0.39 is 16.1 Å².